The fourth-order valence-corrected chi connectivity index (χ4v) is 4.79. The predicted octanol–water partition coefficient (Wildman–Crippen LogP) is 2.90. The molecule has 2 aliphatic rings. The topological polar surface area (TPSA) is 63.2 Å². The van der Waals surface area contributed by atoms with Crippen molar-refractivity contribution >= 4 is 5.91 Å². The number of ether oxygens (including phenoxy) is 1. The lowest BCUT2D eigenvalue weighted by molar-refractivity contribution is -0.0208. The van der Waals surface area contributed by atoms with Crippen LogP contribution >= 0.6 is 0 Å². The average Bonchev–Trinajstić information content (AvgIpc) is 2.93. The van der Waals surface area contributed by atoms with Gasteiger partial charge in [0.05, 0.1) is 17.7 Å². The summed E-state index contributed by atoms with van der Waals surface area (Å²) in [6.45, 7) is 6.54. The zero-order chi connectivity index (χ0) is 18.9. The van der Waals surface area contributed by atoms with Crippen molar-refractivity contribution in [1.29, 1.82) is 0 Å². The molecule has 1 saturated heterocycles. The van der Waals surface area contributed by atoms with E-state index < -0.39 is 0 Å². The number of carbonyl (C=O) groups excluding carboxylic acids is 1. The number of aryl methyl sites for hydroxylation is 1. The number of amides is 1. The number of rotatable bonds is 4. The van der Waals surface area contributed by atoms with Gasteiger partial charge in [0.1, 0.15) is 0 Å². The van der Waals surface area contributed by atoms with E-state index in [4.69, 9.17) is 4.74 Å². The molecule has 1 aromatic carbocycles. The van der Waals surface area contributed by atoms with E-state index in [-0.39, 0.29) is 23.5 Å². The number of nitrogens with one attached hydrogen (secondary N) is 2. The van der Waals surface area contributed by atoms with E-state index in [2.05, 4.69) is 39.9 Å². The number of carbonyl (C=O) groups is 1. The average molecular weight is 365 g/mol. The number of nitrogens with zero attached hydrogens (tertiary/aromatic N) is 1. The van der Waals surface area contributed by atoms with Gasteiger partial charge in [0, 0.05) is 24.4 Å². The molecule has 5 nitrogen and oxygen atoms in total. The third kappa shape index (κ3) is 3.05. The van der Waals surface area contributed by atoms with Gasteiger partial charge in [-0.25, -0.2) is 0 Å². The first-order valence-electron chi connectivity index (χ1n) is 9.80. The number of aromatic nitrogens is 1. The quantitative estimate of drug-likeness (QED) is 0.875. The highest BCUT2D eigenvalue weighted by atomic mass is 16.5. The van der Waals surface area contributed by atoms with Crippen molar-refractivity contribution in [1.82, 2.24) is 15.6 Å². The molecule has 1 aliphatic heterocycles. The first kappa shape index (κ1) is 18.1. The molecule has 4 rings (SSSR count). The summed E-state index contributed by atoms with van der Waals surface area (Å²) in [5.74, 6) is -0.0870. The highest BCUT2D eigenvalue weighted by Crippen LogP contribution is 2.51. The van der Waals surface area contributed by atoms with Crippen LogP contribution in [0.1, 0.15) is 52.9 Å². The smallest absolute Gasteiger partial charge is 0.253 e. The molecule has 1 amide bonds. The Morgan fingerprint density at radius 3 is 2.81 bits per heavy atom. The van der Waals surface area contributed by atoms with Crippen LogP contribution in [0, 0.1) is 6.92 Å². The van der Waals surface area contributed by atoms with E-state index in [1.807, 2.05) is 19.9 Å². The molecule has 0 radical (unpaired) electrons. The van der Waals surface area contributed by atoms with Crippen LogP contribution in [0.3, 0.4) is 0 Å². The van der Waals surface area contributed by atoms with Crippen molar-refractivity contribution in [3.05, 3.63) is 65.0 Å². The SMILES string of the molecule is CCO[C@@H]1[C@@H](NC(=O)c2cnccc2C)c2ccccc2C12CCNCC2. The van der Waals surface area contributed by atoms with Gasteiger partial charge in [-0.2, -0.15) is 0 Å². The van der Waals surface area contributed by atoms with Gasteiger partial charge in [-0.1, -0.05) is 24.3 Å². The minimum atomic E-state index is -0.147. The molecular formula is C22H27N3O2. The maximum Gasteiger partial charge on any atom is 0.253 e. The zero-order valence-corrected chi connectivity index (χ0v) is 16.0. The standard InChI is InChI=1S/C22H27N3O2/c1-3-27-20-19(25-21(26)17-14-24-11-8-15(17)2)16-6-4-5-7-18(16)22(20)9-12-23-13-10-22/h4-8,11,14,19-20,23H,3,9-10,12-13H2,1-2H3,(H,25,26)/t19-,20+/m0/s1. The fraction of sp³-hybridized carbons (Fsp3) is 0.455. The monoisotopic (exact) mass is 365 g/mol. The van der Waals surface area contributed by atoms with Crippen molar-refractivity contribution in [2.45, 2.75) is 44.2 Å². The molecule has 1 spiro atoms. The van der Waals surface area contributed by atoms with Crippen LogP contribution in [-0.2, 0) is 10.2 Å². The van der Waals surface area contributed by atoms with Gasteiger partial charge < -0.3 is 15.4 Å². The number of pyridine rings is 1. The number of benzene rings is 1. The van der Waals surface area contributed by atoms with Crippen LogP contribution < -0.4 is 10.6 Å². The van der Waals surface area contributed by atoms with E-state index in [9.17, 15) is 4.79 Å². The Balaban J connectivity index is 1.72. The van der Waals surface area contributed by atoms with Gasteiger partial charge in [0.15, 0.2) is 0 Å². The Bertz CT molecular complexity index is 830. The molecule has 2 atom stereocenters. The lowest BCUT2D eigenvalue weighted by Crippen LogP contribution is -2.49. The second kappa shape index (κ2) is 7.41. The number of hydrogen-bond donors (Lipinski definition) is 2. The zero-order valence-electron chi connectivity index (χ0n) is 16.0. The molecule has 2 heterocycles. The molecule has 1 aromatic heterocycles. The molecule has 0 saturated carbocycles. The number of fused-ring (bicyclic) bond motifs is 2. The van der Waals surface area contributed by atoms with Crippen LogP contribution in [0.5, 0.6) is 0 Å². The highest BCUT2D eigenvalue weighted by molar-refractivity contribution is 5.95. The predicted molar refractivity (Wildman–Crippen MR) is 105 cm³/mol. The van der Waals surface area contributed by atoms with Gasteiger partial charge in [-0.05, 0) is 62.5 Å². The maximum atomic E-state index is 13.0. The van der Waals surface area contributed by atoms with Crippen molar-refractivity contribution in [3.63, 3.8) is 0 Å². The van der Waals surface area contributed by atoms with Crippen LogP contribution in [0.25, 0.3) is 0 Å². The van der Waals surface area contributed by atoms with E-state index in [1.54, 1.807) is 12.4 Å². The molecule has 142 valence electrons. The maximum absolute atomic E-state index is 13.0. The van der Waals surface area contributed by atoms with Crippen LogP contribution in [0.2, 0.25) is 0 Å². The Hall–Kier alpha value is -2.24. The second-order valence-corrected chi connectivity index (χ2v) is 7.51. The van der Waals surface area contributed by atoms with Crippen LogP contribution in [0.15, 0.2) is 42.7 Å². The first-order chi connectivity index (χ1) is 13.2. The summed E-state index contributed by atoms with van der Waals surface area (Å²) in [6.07, 6.45) is 5.34. The molecule has 1 fully saturated rings. The minimum absolute atomic E-state index is 0.0419. The molecule has 2 aromatic rings. The molecule has 1 aliphatic carbocycles. The largest absolute Gasteiger partial charge is 0.375 e. The third-order valence-corrected chi connectivity index (χ3v) is 6.09. The van der Waals surface area contributed by atoms with Gasteiger partial charge in [0.2, 0.25) is 0 Å². The first-order valence-corrected chi connectivity index (χ1v) is 9.80. The van der Waals surface area contributed by atoms with Gasteiger partial charge in [0.25, 0.3) is 5.91 Å². The molecule has 0 unspecified atom stereocenters. The summed E-state index contributed by atoms with van der Waals surface area (Å²) in [4.78, 5) is 17.2. The van der Waals surface area contributed by atoms with E-state index in [0.29, 0.717) is 12.2 Å². The Morgan fingerprint density at radius 1 is 1.30 bits per heavy atom. The van der Waals surface area contributed by atoms with E-state index >= 15 is 0 Å². The van der Waals surface area contributed by atoms with E-state index in [1.165, 1.54) is 11.1 Å². The molecule has 0 bridgehead atoms. The third-order valence-electron chi connectivity index (χ3n) is 6.09. The van der Waals surface area contributed by atoms with Crippen molar-refractivity contribution < 1.29 is 9.53 Å². The van der Waals surface area contributed by atoms with Gasteiger partial charge in [-0.3, -0.25) is 9.78 Å². The van der Waals surface area contributed by atoms with Crippen molar-refractivity contribution in [2.24, 2.45) is 0 Å². The summed E-state index contributed by atoms with van der Waals surface area (Å²) >= 11 is 0. The molecule has 27 heavy (non-hydrogen) atoms. The Morgan fingerprint density at radius 2 is 2.07 bits per heavy atom. The summed E-state index contributed by atoms with van der Waals surface area (Å²) < 4.78 is 6.30. The van der Waals surface area contributed by atoms with Crippen LogP contribution in [-0.4, -0.2) is 36.7 Å². The normalized spacial score (nSPS) is 23.2. The Labute approximate surface area is 160 Å². The fourth-order valence-electron chi connectivity index (χ4n) is 4.79. The highest BCUT2D eigenvalue weighted by Gasteiger charge is 2.53. The second-order valence-electron chi connectivity index (χ2n) is 7.51. The van der Waals surface area contributed by atoms with Gasteiger partial charge in [-0.15, -0.1) is 0 Å². The summed E-state index contributed by atoms with van der Waals surface area (Å²) in [5.41, 5.74) is 4.03. The summed E-state index contributed by atoms with van der Waals surface area (Å²) in [6, 6.07) is 10.2. The minimum Gasteiger partial charge on any atom is -0.375 e. The summed E-state index contributed by atoms with van der Waals surface area (Å²) in [5, 5.41) is 6.74. The van der Waals surface area contributed by atoms with Gasteiger partial charge >= 0.3 is 0 Å². The van der Waals surface area contributed by atoms with Crippen molar-refractivity contribution in [3.8, 4) is 0 Å². The molecular weight excluding hydrogens is 338 g/mol. The molecule has 5 heteroatoms. The van der Waals surface area contributed by atoms with E-state index in [0.717, 1.165) is 31.5 Å². The number of hydrogen-bond acceptors (Lipinski definition) is 4. The molecule has 2 N–H and O–H groups in total. The van der Waals surface area contributed by atoms with Crippen LogP contribution in [0.4, 0.5) is 0 Å². The van der Waals surface area contributed by atoms with Crippen molar-refractivity contribution in [2.75, 3.05) is 19.7 Å². The summed E-state index contributed by atoms with van der Waals surface area (Å²) in [7, 11) is 0. The lowest BCUT2D eigenvalue weighted by atomic mass is 9.72. The lowest BCUT2D eigenvalue weighted by Gasteiger charge is -2.41. The number of piperidine rings is 1. The Kier molecular flexibility index (Phi) is 4.98.